The number of Topliss-reactive ketones (excluding diaryl/α,β-unsaturated/α-hetero) is 1. The molecule has 34 heavy (non-hydrogen) atoms. The Kier molecular flexibility index (Phi) is 5.94. The van der Waals surface area contributed by atoms with Crippen molar-refractivity contribution in [2.45, 2.75) is 76.9 Å². The summed E-state index contributed by atoms with van der Waals surface area (Å²) in [5.41, 5.74) is -7.12. The zero-order chi connectivity index (χ0) is 25.4. The van der Waals surface area contributed by atoms with Gasteiger partial charge in [0.25, 0.3) is 0 Å². The number of esters is 1. The van der Waals surface area contributed by atoms with Crippen LogP contribution < -0.4 is 0 Å². The molecule has 0 aliphatic heterocycles. The van der Waals surface area contributed by atoms with Gasteiger partial charge in [0.1, 0.15) is 12.8 Å². The third kappa shape index (κ3) is 2.88. The summed E-state index contributed by atoms with van der Waals surface area (Å²) in [6.07, 6.45) is -1.42. The fourth-order valence-electron chi connectivity index (χ4n) is 7.82. The fraction of sp³-hybridized carbons (Fsp3) is 0.720. The summed E-state index contributed by atoms with van der Waals surface area (Å²) in [4.78, 5) is 37.8. The van der Waals surface area contributed by atoms with Crippen LogP contribution in [0.4, 0.5) is 8.78 Å². The van der Waals surface area contributed by atoms with E-state index in [1.54, 1.807) is 20.8 Å². The minimum Gasteiger partial charge on any atom is -0.450 e. The molecule has 4 rings (SSSR count). The van der Waals surface area contributed by atoms with Gasteiger partial charge >= 0.3 is 5.97 Å². The molecule has 4 aliphatic carbocycles. The lowest BCUT2D eigenvalue weighted by Crippen LogP contribution is -2.71. The molecular formula is C25H31ClF2O6. The van der Waals surface area contributed by atoms with Crippen LogP contribution in [0.3, 0.4) is 0 Å². The number of ether oxygens (including phenoxy) is 1. The van der Waals surface area contributed by atoms with Crippen LogP contribution >= 0.6 is 11.6 Å². The van der Waals surface area contributed by atoms with E-state index in [0.717, 1.165) is 6.08 Å². The highest BCUT2D eigenvalue weighted by molar-refractivity contribution is 6.44. The molecule has 0 amide bonds. The molecule has 0 radical (unpaired) electrons. The second-order valence-corrected chi connectivity index (χ2v) is 11.2. The molecule has 0 saturated heterocycles. The van der Waals surface area contributed by atoms with E-state index >= 15 is 8.78 Å². The van der Waals surface area contributed by atoms with Gasteiger partial charge in [-0.1, -0.05) is 32.4 Å². The summed E-state index contributed by atoms with van der Waals surface area (Å²) in [6, 6.07) is 0. The third-order valence-corrected chi connectivity index (χ3v) is 9.64. The van der Waals surface area contributed by atoms with Crippen LogP contribution in [0.1, 0.15) is 53.4 Å². The molecule has 0 aromatic carbocycles. The zero-order valence-electron chi connectivity index (χ0n) is 19.7. The van der Waals surface area contributed by atoms with E-state index in [-0.39, 0.29) is 36.3 Å². The standard InChI is InChI=1S/C25H31ClF2O6/c1-5-21(33)34-25(20(32)11-29)12(2)6-13-14-7-17(27)15-8-18(30)16(26)9-22(15,3)24(14,28)19(31)10-23(13,25)4/h8-9,12-14,17,19,29,31H,5-7,10-11H2,1-4H3/t12?,13-,14-,17?,19?,22-,23-,24-,25-/m0/s1. The van der Waals surface area contributed by atoms with Crippen molar-refractivity contribution in [3.8, 4) is 0 Å². The normalized spacial score (nSPS) is 47.7. The largest absolute Gasteiger partial charge is 0.450 e. The van der Waals surface area contributed by atoms with Crippen LogP contribution in [0.15, 0.2) is 22.8 Å². The summed E-state index contributed by atoms with van der Waals surface area (Å²) >= 11 is 6.07. The molecule has 3 fully saturated rings. The van der Waals surface area contributed by atoms with Gasteiger partial charge in [0.15, 0.2) is 17.1 Å². The summed E-state index contributed by atoms with van der Waals surface area (Å²) in [6.45, 7) is 5.49. The lowest BCUT2D eigenvalue weighted by Gasteiger charge is -2.63. The summed E-state index contributed by atoms with van der Waals surface area (Å²) in [5.74, 6) is -4.26. The Morgan fingerprint density at radius 1 is 1.26 bits per heavy atom. The van der Waals surface area contributed by atoms with Gasteiger partial charge in [0.2, 0.25) is 5.78 Å². The van der Waals surface area contributed by atoms with Crippen LogP contribution in [0, 0.1) is 28.6 Å². The number of carbonyl (C=O) groups is 3. The SMILES string of the molecule is CCC(=O)O[C@]1(C(=O)CO)C(C)C[C@H]2[C@@H]3CC(F)C4=CC(=O)C(Cl)=C[C@]4(C)[C@@]3(F)C(O)C[C@@]21C. The first-order valence-corrected chi connectivity index (χ1v) is 12.1. The Hall–Kier alpha value is -1.64. The van der Waals surface area contributed by atoms with Gasteiger partial charge < -0.3 is 14.9 Å². The van der Waals surface area contributed by atoms with Gasteiger partial charge in [-0.3, -0.25) is 14.4 Å². The van der Waals surface area contributed by atoms with Gasteiger partial charge in [0, 0.05) is 29.1 Å². The molecule has 0 spiro atoms. The number of carbonyl (C=O) groups excluding carboxylic acids is 3. The van der Waals surface area contributed by atoms with Crippen LogP contribution in [0.2, 0.25) is 0 Å². The van der Waals surface area contributed by atoms with E-state index in [1.807, 2.05) is 0 Å². The molecule has 0 bridgehead atoms. The number of aliphatic hydroxyl groups is 2. The van der Waals surface area contributed by atoms with Crippen LogP contribution in [0.25, 0.3) is 0 Å². The number of aliphatic hydroxyl groups excluding tert-OH is 2. The van der Waals surface area contributed by atoms with Crippen molar-refractivity contribution in [3.63, 3.8) is 0 Å². The van der Waals surface area contributed by atoms with Gasteiger partial charge in [-0.2, -0.15) is 0 Å². The van der Waals surface area contributed by atoms with Gasteiger partial charge in [-0.25, -0.2) is 8.78 Å². The Balaban J connectivity index is 1.90. The smallest absolute Gasteiger partial charge is 0.306 e. The molecule has 6 nitrogen and oxygen atoms in total. The van der Waals surface area contributed by atoms with Crippen LogP contribution in [0.5, 0.6) is 0 Å². The number of hydrogen-bond donors (Lipinski definition) is 2. The minimum atomic E-state index is -2.38. The average molecular weight is 501 g/mol. The van der Waals surface area contributed by atoms with Gasteiger partial charge in [0.05, 0.1) is 11.1 Å². The van der Waals surface area contributed by atoms with Crippen molar-refractivity contribution >= 4 is 29.1 Å². The zero-order valence-corrected chi connectivity index (χ0v) is 20.5. The highest BCUT2D eigenvalue weighted by Crippen LogP contribution is 2.71. The van der Waals surface area contributed by atoms with E-state index in [0.29, 0.717) is 0 Å². The topological polar surface area (TPSA) is 101 Å². The summed E-state index contributed by atoms with van der Waals surface area (Å²) in [7, 11) is 0. The van der Waals surface area contributed by atoms with Crippen LogP contribution in [-0.4, -0.2) is 57.9 Å². The maximum atomic E-state index is 17.3. The molecule has 9 heteroatoms. The van der Waals surface area contributed by atoms with Crippen LogP contribution in [-0.2, 0) is 19.1 Å². The highest BCUT2D eigenvalue weighted by Gasteiger charge is 2.78. The molecule has 0 aromatic heterocycles. The average Bonchev–Trinajstić information content (AvgIpc) is 2.99. The first-order chi connectivity index (χ1) is 15.7. The molecule has 0 heterocycles. The van der Waals surface area contributed by atoms with E-state index in [1.165, 1.54) is 13.0 Å². The highest BCUT2D eigenvalue weighted by atomic mass is 35.5. The predicted octanol–water partition coefficient (Wildman–Crippen LogP) is 3.37. The first-order valence-electron chi connectivity index (χ1n) is 11.8. The predicted molar refractivity (Wildman–Crippen MR) is 119 cm³/mol. The van der Waals surface area contributed by atoms with Crippen molar-refractivity contribution in [3.05, 3.63) is 22.8 Å². The molecular weight excluding hydrogens is 470 g/mol. The van der Waals surface area contributed by atoms with E-state index in [9.17, 15) is 24.6 Å². The number of rotatable bonds is 4. The Morgan fingerprint density at radius 2 is 1.91 bits per heavy atom. The van der Waals surface area contributed by atoms with E-state index in [2.05, 4.69) is 0 Å². The maximum absolute atomic E-state index is 17.3. The fourth-order valence-corrected chi connectivity index (χ4v) is 8.09. The number of alkyl halides is 2. The Bertz CT molecular complexity index is 1010. The molecule has 9 atom stereocenters. The Morgan fingerprint density at radius 3 is 2.50 bits per heavy atom. The molecule has 4 aliphatic rings. The van der Waals surface area contributed by atoms with Crippen molar-refractivity contribution in [2.75, 3.05) is 6.61 Å². The lowest BCUT2D eigenvalue weighted by atomic mass is 9.44. The second kappa shape index (κ2) is 7.93. The number of halogens is 3. The van der Waals surface area contributed by atoms with Crippen molar-refractivity contribution in [1.82, 2.24) is 0 Å². The molecule has 3 unspecified atom stereocenters. The number of ketones is 2. The summed E-state index contributed by atoms with van der Waals surface area (Å²) in [5, 5.41) is 21.0. The third-order valence-electron chi connectivity index (χ3n) is 9.35. The van der Waals surface area contributed by atoms with Crippen molar-refractivity contribution in [1.29, 1.82) is 0 Å². The second-order valence-electron chi connectivity index (χ2n) is 10.8. The van der Waals surface area contributed by atoms with Crippen molar-refractivity contribution in [2.24, 2.45) is 28.6 Å². The van der Waals surface area contributed by atoms with Gasteiger partial charge in [-0.05, 0) is 49.8 Å². The molecule has 2 N–H and O–H groups in total. The number of fused-ring (bicyclic) bond motifs is 5. The monoisotopic (exact) mass is 500 g/mol. The quantitative estimate of drug-likeness (QED) is 0.574. The Labute approximate surface area is 202 Å². The lowest BCUT2D eigenvalue weighted by molar-refractivity contribution is -0.231. The maximum Gasteiger partial charge on any atom is 0.306 e. The van der Waals surface area contributed by atoms with Gasteiger partial charge in [-0.15, -0.1) is 0 Å². The number of allylic oxidation sites excluding steroid dienone is 4. The molecule has 0 aromatic rings. The number of hydrogen-bond acceptors (Lipinski definition) is 6. The summed E-state index contributed by atoms with van der Waals surface area (Å²) < 4.78 is 38.6. The van der Waals surface area contributed by atoms with Crippen molar-refractivity contribution < 1.29 is 38.1 Å². The minimum absolute atomic E-state index is 0.0109. The first kappa shape index (κ1) is 25.5. The van der Waals surface area contributed by atoms with E-state index < -0.39 is 76.3 Å². The van der Waals surface area contributed by atoms with E-state index in [4.69, 9.17) is 16.3 Å². The molecule has 188 valence electrons. The molecule has 3 saturated carbocycles.